The van der Waals surface area contributed by atoms with Crippen LogP contribution >= 0.6 is 11.6 Å². The first-order chi connectivity index (χ1) is 7.75. The van der Waals surface area contributed by atoms with Gasteiger partial charge in [-0.25, -0.2) is 0 Å². The molecule has 1 aromatic rings. The van der Waals surface area contributed by atoms with Gasteiger partial charge in [-0.1, -0.05) is 36.2 Å². The van der Waals surface area contributed by atoms with E-state index in [9.17, 15) is 0 Å². The highest BCUT2D eigenvalue weighted by atomic mass is 35.5. The molecular formula is C14H20ClN. The minimum atomic E-state index is 0.514. The third-order valence-corrected chi connectivity index (χ3v) is 3.83. The van der Waals surface area contributed by atoms with Crippen LogP contribution in [0, 0.1) is 5.92 Å². The van der Waals surface area contributed by atoms with Crippen LogP contribution in [0.1, 0.15) is 31.7 Å². The lowest BCUT2D eigenvalue weighted by molar-refractivity contribution is 0.291. The van der Waals surface area contributed by atoms with Gasteiger partial charge >= 0.3 is 0 Å². The van der Waals surface area contributed by atoms with Gasteiger partial charge in [0.05, 0.1) is 0 Å². The van der Waals surface area contributed by atoms with Crippen molar-refractivity contribution < 1.29 is 0 Å². The van der Waals surface area contributed by atoms with Crippen molar-refractivity contribution in [3.8, 4) is 0 Å². The van der Waals surface area contributed by atoms with E-state index in [0.29, 0.717) is 6.04 Å². The maximum Gasteiger partial charge on any atom is 0.0438 e. The van der Waals surface area contributed by atoms with E-state index in [-0.39, 0.29) is 0 Å². The quantitative estimate of drug-likeness (QED) is 0.824. The van der Waals surface area contributed by atoms with Crippen LogP contribution in [0.2, 0.25) is 5.02 Å². The molecule has 0 bridgehead atoms. The third-order valence-electron chi connectivity index (χ3n) is 3.46. The first kappa shape index (κ1) is 11.9. The highest BCUT2D eigenvalue weighted by molar-refractivity contribution is 6.31. The molecule has 0 aromatic heterocycles. The summed E-state index contributed by atoms with van der Waals surface area (Å²) < 4.78 is 0. The second kappa shape index (κ2) is 5.70. The zero-order chi connectivity index (χ0) is 11.4. The first-order valence-corrected chi connectivity index (χ1v) is 6.60. The van der Waals surface area contributed by atoms with Crippen molar-refractivity contribution in [3.05, 3.63) is 34.9 Å². The zero-order valence-corrected chi connectivity index (χ0v) is 10.6. The molecule has 1 aliphatic carbocycles. The molecule has 0 heterocycles. The molecule has 0 saturated heterocycles. The van der Waals surface area contributed by atoms with Gasteiger partial charge in [0.2, 0.25) is 0 Å². The van der Waals surface area contributed by atoms with Crippen LogP contribution in [0.15, 0.2) is 24.3 Å². The molecule has 88 valence electrons. The van der Waals surface area contributed by atoms with E-state index >= 15 is 0 Å². The SMILES string of the molecule is CC(Cc1ccccc1Cl)NCC1CCC1. The highest BCUT2D eigenvalue weighted by Gasteiger charge is 2.17. The molecule has 2 rings (SSSR count). The molecule has 0 amide bonds. The van der Waals surface area contributed by atoms with Crippen LogP contribution in [-0.2, 0) is 6.42 Å². The molecule has 1 nitrogen and oxygen atoms in total. The van der Waals surface area contributed by atoms with E-state index in [1.54, 1.807) is 0 Å². The fourth-order valence-corrected chi connectivity index (χ4v) is 2.34. The largest absolute Gasteiger partial charge is 0.314 e. The van der Waals surface area contributed by atoms with E-state index in [4.69, 9.17) is 11.6 Å². The Balaban J connectivity index is 1.77. The summed E-state index contributed by atoms with van der Waals surface area (Å²) in [7, 11) is 0. The summed E-state index contributed by atoms with van der Waals surface area (Å²) in [6.45, 7) is 3.41. The molecule has 1 atom stereocenters. The van der Waals surface area contributed by atoms with Gasteiger partial charge in [-0.2, -0.15) is 0 Å². The van der Waals surface area contributed by atoms with Gasteiger partial charge in [-0.3, -0.25) is 0 Å². The number of hydrogen-bond acceptors (Lipinski definition) is 1. The average Bonchev–Trinajstić information content (AvgIpc) is 2.19. The molecule has 16 heavy (non-hydrogen) atoms. The van der Waals surface area contributed by atoms with E-state index in [1.165, 1.54) is 31.4 Å². The summed E-state index contributed by atoms with van der Waals surface area (Å²) in [5, 5.41) is 4.49. The molecular weight excluding hydrogens is 218 g/mol. The summed E-state index contributed by atoms with van der Waals surface area (Å²) in [6, 6.07) is 8.64. The molecule has 0 spiro atoms. The molecule has 1 aliphatic rings. The summed E-state index contributed by atoms with van der Waals surface area (Å²) in [4.78, 5) is 0. The predicted octanol–water partition coefficient (Wildman–Crippen LogP) is 3.66. The van der Waals surface area contributed by atoms with Gasteiger partial charge in [-0.15, -0.1) is 0 Å². The lowest BCUT2D eigenvalue weighted by Crippen LogP contribution is -2.35. The second-order valence-electron chi connectivity index (χ2n) is 4.90. The van der Waals surface area contributed by atoms with E-state index < -0.39 is 0 Å². The van der Waals surface area contributed by atoms with E-state index in [1.807, 2.05) is 12.1 Å². The number of rotatable bonds is 5. The lowest BCUT2D eigenvalue weighted by atomic mass is 9.85. The number of hydrogen-bond donors (Lipinski definition) is 1. The molecule has 1 fully saturated rings. The van der Waals surface area contributed by atoms with Crippen molar-refractivity contribution >= 4 is 11.6 Å². The number of benzene rings is 1. The Morgan fingerprint density at radius 1 is 1.38 bits per heavy atom. The summed E-state index contributed by atoms with van der Waals surface area (Å²) in [5.74, 6) is 0.925. The zero-order valence-electron chi connectivity index (χ0n) is 9.88. The Bertz CT molecular complexity index is 333. The summed E-state index contributed by atoms with van der Waals surface area (Å²) in [6.07, 6.45) is 5.26. The number of nitrogens with one attached hydrogen (secondary N) is 1. The van der Waals surface area contributed by atoms with E-state index in [0.717, 1.165) is 17.4 Å². The Kier molecular flexibility index (Phi) is 4.25. The van der Waals surface area contributed by atoms with Gasteiger partial charge < -0.3 is 5.32 Å². The smallest absolute Gasteiger partial charge is 0.0438 e. The number of halogens is 1. The van der Waals surface area contributed by atoms with Gasteiger partial charge in [0.25, 0.3) is 0 Å². The molecule has 1 saturated carbocycles. The monoisotopic (exact) mass is 237 g/mol. The van der Waals surface area contributed by atoms with Crippen molar-refractivity contribution in [2.75, 3.05) is 6.54 Å². The topological polar surface area (TPSA) is 12.0 Å². The van der Waals surface area contributed by atoms with Crippen LogP contribution in [0.5, 0.6) is 0 Å². The minimum absolute atomic E-state index is 0.514. The Morgan fingerprint density at radius 2 is 2.12 bits per heavy atom. The fraction of sp³-hybridized carbons (Fsp3) is 0.571. The second-order valence-corrected chi connectivity index (χ2v) is 5.31. The fourth-order valence-electron chi connectivity index (χ4n) is 2.13. The molecule has 1 aromatic carbocycles. The summed E-state index contributed by atoms with van der Waals surface area (Å²) in [5.41, 5.74) is 1.25. The molecule has 0 aliphatic heterocycles. The van der Waals surface area contributed by atoms with Gasteiger partial charge in [-0.05, 0) is 50.3 Å². The average molecular weight is 238 g/mol. The normalized spacial score (nSPS) is 18.1. The Hall–Kier alpha value is -0.530. The van der Waals surface area contributed by atoms with Crippen LogP contribution < -0.4 is 5.32 Å². The van der Waals surface area contributed by atoms with Crippen LogP contribution in [0.4, 0.5) is 0 Å². The van der Waals surface area contributed by atoms with Crippen molar-refractivity contribution in [1.29, 1.82) is 0 Å². The van der Waals surface area contributed by atoms with Gasteiger partial charge in [0, 0.05) is 11.1 Å². The standard InChI is InChI=1S/C14H20ClN/c1-11(16-10-12-5-4-6-12)9-13-7-2-3-8-14(13)15/h2-3,7-8,11-12,16H,4-6,9-10H2,1H3. The highest BCUT2D eigenvalue weighted by Crippen LogP contribution is 2.25. The van der Waals surface area contributed by atoms with Crippen LogP contribution in [0.3, 0.4) is 0 Å². The molecule has 0 radical (unpaired) electrons. The maximum absolute atomic E-state index is 6.14. The van der Waals surface area contributed by atoms with Crippen molar-refractivity contribution in [3.63, 3.8) is 0 Å². The van der Waals surface area contributed by atoms with Crippen molar-refractivity contribution in [1.82, 2.24) is 5.32 Å². The lowest BCUT2D eigenvalue weighted by Gasteiger charge is -2.27. The van der Waals surface area contributed by atoms with Crippen molar-refractivity contribution in [2.24, 2.45) is 5.92 Å². The predicted molar refractivity (Wildman–Crippen MR) is 70.0 cm³/mol. The Labute approximate surface area is 103 Å². The first-order valence-electron chi connectivity index (χ1n) is 6.22. The van der Waals surface area contributed by atoms with Crippen LogP contribution in [-0.4, -0.2) is 12.6 Å². The molecule has 1 N–H and O–H groups in total. The van der Waals surface area contributed by atoms with Gasteiger partial charge in [0.15, 0.2) is 0 Å². The summed E-state index contributed by atoms with van der Waals surface area (Å²) >= 11 is 6.14. The Morgan fingerprint density at radius 3 is 2.75 bits per heavy atom. The maximum atomic E-state index is 6.14. The van der Waals surface area contributed by atoms with Gasteiger partial charge in [0.1, 0.15) is 0 Å². The van der Waals surface area contributed by atoms with E-state index in [2.05, 4.69) is 24.4 Å². The molecule has 1 unspecified atom stereocenters. The molecule has 2 heteroatoms. The van der Waals surface area contributed by atoms with Crippen molar-refractivity contribution in [2.45, 2.75) is 38.6 Å². The minimum Gasteiger partial charge on any atom is -0.314 e. The third kappa shape index (κ3) is 3.23. The van der Waals surface area contributed by atoms with Crippen LogP contribution in [0.25, 0.3) is 0 Å².